The van der Waals surface area contributed by atoms with Gasteiger partial charge in [-0.2, -0.15) is 0 Å². The Bertz CT molecular complexity index is 935. The van der Waals surface area contributed by atoms with Crippen LogP contribution in [-0.4, -0.2) is 17.4 Å². The van der Waals surface area contributed by atoms with Crippen LogP contribution in [0.4, 0.5) is 0 Å². The lowest BCUT2D eigenvalue weighted by Gasteiger charge is -2.50. The second-order valence-corrected chi connectivity index (χ2v) is 12.6. The first-order valence-corrected chi connectivity index (χ1v) is 13.5. The van der Waals surface area contributed by atoms with Gasteiger partial charge < -0.3 is 5.32 Å². The van der Waals surface area contributed by atoms with Gasteiger partial charge in [0.15, 0.2) is 0 Å². The number of hydrogen-bond donors (Lipinski definition) is 1. The third-order valence-electron chi connectivity index (χ3n) is 9.69. The minimum absolute atomic E-state index is 0.232. The summed E-state index contributed by atoms with van der Waals surface area (Å²) in [5, 5.41) is 3.92. The smallest absolute Gasteiger partial charge is 0.0220 e. The molecule has 6 rings (SSSR count). The highest BCUT2D eigenvalue weighted by Gasteiger charge is 2.57. The summed E-state index contributed by atoms with van der Waals surface area (Å²) in [6.45, 7) is 8.98. The third kappa shape index (κ3) is 2.97. The lowest BCUT2D eigenvalue weighted by atomic mass is 9.57. The molecule has 1 saturated heterocycles. The quantitative estimate of drug-likeness (QED) is 0.449. The van der Waals surface area contributed by atoms with E-state index in [-0.39, 0.29) is 5.41 Å². The zero-order valence-corrected chi connectivity index (χ0v) is 20.7. The third-order valence-corrected chi connectivity index (χ3v) is 11.0. The fourth-order valence-corrected chi connectivity index (χ4v) is 10.0. The van der Waals surface area contributed by atoms with Crippen LogP contribution in [-0.2, 0) is 0 Å². The first-order valence-electron chi connectivity index (χ1n) is 12.5. The highest BCUT2D eigenvalue weighted by atomic mass is 79.9. The molecule has 1 N–H and O–H groups in total. The van der Waals surface area contributed by atoms with Crippen molar-refractivity contribution >= 4 is 15.9 Å². The molecule has 3 fully saturated rings. The Hall–Kier alpha value is -1.12. The van der Waals surface area contributed by atoms with E-state index in [0.29, 0.717) is 16.8 Å². The van der Waals surface area contributed by atoms with Crippen molar-refractivity contribution in [3.8, 4) is 11.1 Å². The van der Waals surface area contributed by atoms with E-state index >= 15 is 0 Å². The largest absolute Gasteiger partial charge is 0.314 e. The van der Waals surface area contributed by atoms with Crippen LogP contribution < -0.4 is 5.32 Å². The number of rotatable bonds is 2. The van der Waals surface area contributed by atoms with E-state index in [4.69, 9.17) is 0 Å². The van der Waals surface area contributed by atoms with Gasteiger partial charge in [-0.25, -0.2) is 0 Å². The highest BCUT2D eigenvalue weighted by Crippen LogP contribution is 2.64. The Morgan fingerprint density at radius 3 is 2.19 bits per heavy atom. The van der Waals surface area contributed by atoms with Crippen LogP contribution in [0.3, 0.4) is 0 Å². The van der Waals surface area contributed by atoms with Gasteiger partial charge in [-0.1, -0.05) is 85.2 Å². The van der Waals surface area contributed by atoms with Crippen molar-refractivity contribution in [2.24, 2.45) is 35.0 Å². The molecule has 0 radical (unpaired) electrons. The topological polar surface area (TPSA) is 12.0 Å². The molecule has 0 spiro atoms. The first kappa shape index (κ1) is 20.5. The fourth-order valence-electron chi connectivity index (χ4n) is 8.79. The molecule has 1 nitrogen and oxygen atoms in total. The molecule has 7 atom stereocenters. The summed E-state index contributed by atoms with van der Waals surface area (Å²) in [7, 11) is 0. The Labute approximate surface area is 196 Å². The summed E-state index contributed by atoms with van der Waals surface area (Å²) in [4.78, 5) is 0.690. The van der Waals surface area contributed by atoms with Crippen LogP contribution in [0.25, 0.3) is 11.1 Å². The summed E-state index contributed by atoms with van der Waals surface area (Å²) < 4.78 is 0. The van der Waals surface area contributed by atoms with Gasteiger partial charge in [-0.05, 0) is 89.5 Å². The fraction of sp³-hybridized carbons (Fsp3) is 0.586. The lowest BCUT2D eigenvalue weighted by molar-refractivity contribution is 0.0516. The van der Waals surface area contributed by atoms with E-state index in [2.05, 4.69) is 90.5 Å². The van der Waals surface area contributed by atoms with Crippen LogP contribution in [0.2, 0.25) is 0 Å². The van der Waals surface area contributed by atoms with Crippen molar-refractivity contribution in [1.82, 2.24) is 5.32 Å². The molecule has 2 saturated carbocycles. The van der Waals surface area contributed by atoms with Crippen LogP contribution in [0, 0.1) is 35.0 Å². The van der Waals surface area contributed by atoms with Gasteiger partial charge in [0.1, 0.15) is 0 Å². The lowest BCUT2D eigenvalue weighted by Crippen LogP contribution is -2.53. The SMILES string of the molecule is CC1CC2C(Br)C3CCCNC3CC2C1C(C)(C)C1c2ccccc2-c2ccccc21. The van der Waals surface area contributed by atoms with Crippen molar-refractivity contribution in [2.45, 2.75) is 63.2 Å². The van der Waals surface area contributed by atoms with Crippen LogP contribution in [0.5, 0.6) is 0 Å². The van der Waals surface area contributed by atoms with E-state index in [1.165, 1.54) is 43.4 Å². The van der Waals surface area contributed by atoms with Gasteiger partial charge in [0.05, 0.1) is 0 Å². The standard InChI is InChI=1S/C29H36BrN/c1-17-15-24-23(16-25-22(28(24)30)13-8-14-31-25)26(17)29(2,3)27-20-11-6-4-9-18(20)19-10-5-7-12-21(19)27/h4-7,9-12,17,22-28,31H,8,13-16H2,1-3H3. The predicted molar refractivity (Wildman–Crippen MR) is 134 cm³/mol. The molecule has 4 aliphatic rings. The van der Waals surface area contributed by atoms with E-state index in [0.717, 1.165) is 29.6 Å². The van der Waals surface area contributed by atoms with Crippen molar-refractivity contribution in [3.63, 3.8) is 0 Å². The highest BCUT2D eigenvalue weighted by molar-refractivity contribution is 9.09. The summed E-state index contributed by atoms with van der Waals surface area (Å²) in [5.41, 5.74) is 6.28. The van der Waals surface area contributed by atoms with Gasteiger partial charge in [0.25, 0.3) is 0 Å². The molecule has 164 valence electrons. The number of hydrogen-bond acceptors (Lipinski definition) is 1. The molecule has 0 aromatic heterocycles. The second kappa shape index (κ2) is 7.45. The van der Waals surface area contributed by atoms with Crippen LogP contribution in [0.1, 0.15) is 63.5 Å². The van der Waals surface area contributed by atoms with Crippen molar-refractivity contribution in [3.05, 3.63) is 59.7 Å². The summed E-state index contributed by atoms with van der Waals surface area (Å²) in [5.74, 6) is 4.53. The maximum atomic E-state index is 4.25. The van der Waals surface area contributed by atoms with E-state index in [1.807, 2.05) is 0 Å². The van der Waals surface area contributed by atoms with Gasteiger partial charge in [-0.15, -0.1) is 0 Å². The molecule has 1 aliphatic heterocycles. The Morgan fingerprint density at radius 2 is 1.52 bits per heavy atom. The van der Waals surface area contributed by atoms with Crippen molar-refractivity contribution in [1.29, 1.82) is 0 Å². The predicted octanol–water partition coefficient (Wildman–Crippen LogP) is 7.25. The molecule has 2 aromatic carbocycles. The maximum Gasteiger partial charge on any atom is 0.0220 e. The zero-order chi connectivity index (χ0) is 21.3. The monoisotopic (exact) mass is 477 g/mol. The molecule has 3 aliphatic carbocycles. The summed E-state index contributed by atoms with van der Waals surface area (Å²) in [6, 6.07) is 19.1. The van der Waals surface area contributed by atoms with Crippen LogP contribution in [0.15, 0.2) is 48.5 Å². The van der Waals surface area contributed by atoms with Gasteiger partial charge in [0.2, 0.25) is 0 Å². The minimum atomic E-state index is 0.232. The van der Waals surface area contributed by atoms with Crippen LogP contribution >= 0.6 is 15.9 Å². The number of piperidine rings is 1. The minimum Gasteiger partial charge on any atom is -0.314 e. The Morgan fingerprint density at radius 1 is 0.871 bits per heavy atom. The Balaban J connectivity index is 1.41. The number of halogens is 1. The molecular weight excluding hydrogens is 442 g/mol. The number of benzene rings is 2. The zero-order valence-electron chi connectivity index (χ0n) is 19.2. The second-order valence-electron chi connectivity index (χ2n) is 11.5. The van der Waals surface area contributed by atoms with E-state index in [1.54, 1.807) is 11.1 Å². The molecule has 2 heteroatoms. The molecule has 2 aromatic rings. The number of fused-ring (bicyclic) bond motifs is 5. The molecule has 1 heterocycles. The van der Waals surface area contributed by atoms with Crippen molar-refractivity contribution in [2.75, 3.05) is 6.54 Å². The summed E-state index contributed by atoms with van der Waals surface area (Å²) in [6.07, 6.45) is 5.53. The molecule has 0 bridgehead atoms. The summed E-state index contributed by atoms with van der Waals surface area (Å²) >= 11 is 4.25. The molecule has 0 amide bonds. The Kier molecular flexibility index (Phi) is 4.93. The maximum absolute atomic E-state index is 4.25. The normalized spacial score (nSPS) is 37.1. The van der Waals surface area contributed by atoms with Crippen molar-refractivity contribution < 1.29 is 0 Å². The van der Waals surface area contributed by atoms with E-state index < -0.39 is 0 Å². The van der Waals surface area contributed by atoms with Gasteiger partial charge in [-0.3, -0.25) is 0 Å². The van der Waals surface area contributed by atoms with Gasteiger partial charge >= 0.3 is 0 Å². The van der Waals surface area contributed by atoms with E-state index in [9.17, 15) is 0 Å². The number of alkyl halides is 1. The molecular formula is C29H36BrN. The first-order chi connectivity index (χ1) is 15.0. The number of nitrogens with one attached hydrogen (secondary N) is 1. The molecule has 7 unspecified atom stereocenters. The van der Waals surface area contributed by atoms with Gasteiger partial charge in [0, 0.05) is 16.8 Å². The average Bonchev–Trinajstić information content (AvgIpc) is 3.29. The average molecular weight is 479 g/mol. The molecule has 31 heavy (non-hydrogen) atoms.